The molecule has 0 aliphatic carbocycles. The first-order valence-electron chi connectivity index (χ1n) is 9.88. The van der Waals surface area contributed by atoms with Crippen LogP contribution in [0.3, 0.4) is 0 Å². The molecule has 1 fully saturated rings. The molecular weight excluding hydrogens is 445 g/mol. The first-order chi connectivity index (χ1) is 15.6. The molecule has 4 rings (SSSR count). The van der Waals surface area contributed by atoms with Crippen LogP contribution in [-0.2, 0) is 10.9 Å². The molecule has 0 spiro atoms. The Morgan fingerprint density at radius 2 is 2.03 bits per heavy atom. The molecule has 1 aliphatic heterocycles. The molecule has 2 N–H and O–H groups in total. The molecule has 1 aliphatic rings. The van der Waals surface area contributed by atoms with Crippen LogP contribution in [0.4, 0.5) is 29.7 Å². The van der Waals surface area contributed by atoms with Gasteiger partial charge in [-0.1, -0.05) is 17.3 Å². The van der Waals surface area contributed by atoms with Crippen LogP contribution < -0.4 is 10.2 Å². The van der Waals surface area contributed by atoms with Gasteiger partial charge in [0.1, 0.15) is 24.5 Å². The Morgan fingerprint density at radius 3 is 2.76 bits per heavy atom. The summed E-state index contributed by atoms with van der Waals surface area (Å²) in [7, 11) is 0. The highest BCUT2D eigenvalue weighted by atomic mass is 19.4. The second kappa shape index (κ2) is 8.65. The third kappa shape index (κ3) is 4.72. The molecule has 3 atom stereocenters. The topological polar surface area (TPSA) is 127 Å². The number of hydrogen-bond donors (Lipinski definition) is 2. The molecule has 174 valence electrons. The van der Waals surface area contributed by atoms with Gasteiger partial charge >= 0.3 is 12.3 Å². The van der Waals surface area contributed by atoms with E-state index in [1.807, 2.05) is 0 Å². The number of hydrogen-bond acceptors (Lipinski definition) is 9. The third-order valence-corrected chi connectivity index (χ3v) is 4.96. The highest BCUT2D eigenvalue weighted by molar-refractivity contribution is 5.89. The fourth-order valence-corrected chi connectivity index (χ4v) is 3.23. The zero-order chi connectivity index (χ0) is 23.8. The number of cyclic esters (lactones) is 1. The predicted octanol–water partition coefficient (Wildman–Crippen LogP) is 3.42. The maximum absolute atomic E-state index is 13.0. The maximum Gasteiger partial charge on any atom is 0.416 e. The molecule has 1 saturated heterocycles. The van der Waals surface area contributed by atoms with Gasteiger partial charge in [0.05, 0.1) is 11.7 Å². The molecule has 2 aromatic heterocycles. The van der Waals surface area contributed by atoms with Crippen LogP contribution >= 0.6 is 0 Å². The number of halogens is 3. The van der Waals surface area contributed by atoms with Gasteiger partial charge in [-0.25, -0.2) is 9.78 Å². The molecule has 33 heavy (non-hydrogen) atoms. The van der Waals surface area contributed by atoms with E-state index in [2.05, 4.69) is 25.4 Å². The summed E-state index contributed by atoms with van der Waals surface area (Å²) in [4.78, 5) is 25.9. The summed E-state index contributed by atoms with van der Waals surface area (Å²) in [6.45, 7) is 3.24. The molecular formula is C20H19F3N6O4. The van der Waals surface area contributed by atoms with Gasteiger partial charge in [-0.15, -0.1) is 0 Å². The highest BCUT2D eigenvalue weighted by Gasteiger charge is 2.38. The Hall–Kier alpha value is -3.74. The first kappa shape index (κ1) is 22.5. The van der Waals surface area contributed by atoms with Crippen LogP contribution in [0.2, 0.25) is 0 Å². The number of carbonyl (C=O) groups excluding carboxylic acids is 1. The summed E-state index contributed by atoms with van der Waals surface area (Å²) < 4.78 is 49.1. The van der Waals surface area contributed by atoms with Gasteiger partial charge in [-0.05, 0) is 32.0 Å². The summed E-state index contributed by atoms with van der Waals surface area (Å²) >= 11 is 0. The molecule has 0 unspecified atom stereocenters. The van der Waals surface area contributed by atoms with E-state index < -0.39 is 36.0 Å². The van der Waals surface area contributed by atoms with Crippen LogP contribution in [0.1, 0.15) is 31.3 Å². The third-order valence-electron chi connectivity index (χ3n) is 4.96. The lowest BCUT2D eigenvalue weighted by molar-refractivity contribution is -0.137. The number of anilines is 2. The van der Waals surface area contributed by atoms with E-state index in [0.717, 1.165) is 12.1 Å². The van der Waals surface area contributed by atoms with Crippen LogP contribution in [0, 0.1) is 0 Å². The van der Waals surface area contributed by atoms with E-state index in [1.54, 1.807) is 13.8 Å². The molecule has 0 bridgehead atoms. The number of carbonyl (C=O) groups is 1. The van der Waals surface area contributed by atoms with Crippen LogP contribution in [0.5, 0.6) is 0 Å². The fourth-order valence-electron chi connectivity index (χ4n) is 3.23. The van der Waals surface area contributed by atoms with Gasteiger partial charge in [0, 0.05) is 11.8 Å². The zero-order valence-corrected chi connectivity index (χ0v) is 17.4. The van der Waals surface area contributed by atoms with E-state index in [-0.39, 0.29) is 35.7 Å². The minimum absolute atomic E-state index is 0.000920. The zero-order valence-electron chi connectivity index (χ0n) is 17.4. The van der Waals surface area contributed by atoms with Crippen molar-refractivity contribution >= 4 is 17.9 Å². The van der Waals surface area contributed by atoms with Crippen molar-refractivity contribution in [3.8, 4) is 11.4 Å². The normalized spacial score (nSPS) is 18.2. The second-order valence-corrected chi connectivity index (χ2v) is 7.39. The number of benzene rings is 1. The lowest BCUT2D eigenvalue weighted by Crippen LogP contribution is -2.41. The number of aromatic nitrogens is 4. The minimum Gasteiger partial charge on any atom is -0.447 e. The average Bonchev–Trinajstić information content (AvgIpc) is 3.41. The van der Waals surface area contributed by atoms with Crippen molar-refractivity contribution in [1.29, 1.82) is 0 Å². The number of ether oxygens (including phenoxy) is 1. The van der Waals surface area contributed by atoms with Crippen molar-refractivity contribution in [2.24, 2.45) is 0 Å². The standard InChI is InChI=1S/C20H19F3N6O4/c1-10(17-27-16(28-33-17)12-4-3-5-13(8-12)20(21,22)23)25-18-24-7-6-15(26-18)29-14(11(2)30)9-32-19(29)31/h3-8,10-11,14,30H,9H2,1-2H3,(H,24,25,26)/t10-,11+,14+/m0/s1. The van der Waals surface area contributed by atoms with Gasteiger partial charge in [-0.2, -0.15) is 23.1 Å². The molecule has 10 nitrogen and oxygen atoms in total. The summed E-state index contributed by atoms with van der Waals surface area (Å²) in [5, 5.41) is 16.6. The molecule has 0 saturated carbocycles. The van der Waals surface area contributed by atoms with Crippen molar-refractivity contribution in [2.75, 3.05) is 16.8 Å². The average molecular weight is 464 g/mol. The number of amides is 1. The summed E-state index contributed by atoms with van der Waals surface area (Å²) in [6.07, 6.45) is -4.55. The fraction of sp³-hybridized carbons (Fsp3) is 0.350. The van der Waals surface area contributed by atoms with Crippen LogP contribution in [-0.4, -0.2) is 50.1 Å². The number of nitrogens with zero attached hydrogens (tertiary/aromatic N) is 5. The van der Waals surface area contributed by atoms with Gasteiger partial charge in [0.25, 0.3) is 0 Å². The van der Waals surface area contributed by atoms with Gasteiger partial charge < -0.3 is 19.7 Å². The predicted molar refractivity (Wildman–Crippen MR) is 108 cm³/mol. The smallest absolute Gasteiger partial charge is 0.416 e. The maximum atomic E-state index is 13.0. The SMILES string of the molecule is C[C@H](Nc1nccc(N2C(=O)OC[C@@H]2[C@@H](C)O)n1)c1nc(-c2cccc(C(F)(F)F)c2)no1. The van der Waals surface area contributed by atoms with E-state index in [9.17, 15) is 23.1 Å². The monoisotopic (exact) mass is 464 g/mol. The quantitative estimate of drug-likeness (QED) is 0.564. The first-order valence-corrected chi connectivity index (χ1v) is 9.88. The van der Waals surface area contributed by atoms with Crippen molar-refractivity contribution in [1.82, 2.24) is 20.1 Å². The molecule has 1 aromatic carbocycles. The van der Waals surface area contributed by atoms with Gasteiger partial charge in [0.2, 0.25) is 17.7 Å². The summed E-state index contributed by atoms with van der Waals surface area (Å²) in [5.41, 5.74) is -0.666. The molecule has 13 heteroatoms. The van der Waals surface area contributed by atoms with Crippen molar-refractivity contribution in [2.45, 2.75) is 38.2 Å². The largest absolute Gasteiger partial charge is 0.447 e. The Kier molecular flexibility index (Phi) is 5.89. The van der Waals surface area contributed by atoms with Crippen LogP contribution in [0.15, 0.2) is 41.1 Å². The van der Waals surface area contributed by atoms with Crippen molar-refractivity contribution < 1.29 is 32.3 Å². The van der Waals surface area contributed by atoms with E-state index >= 15 is 0 Å². The van der Waals surface area contributed by atoms with Gasteiger partial charge in [0.15, 0.2) is 0 Å². The number of rotatable bonds is 6. The molecule has 1 amide bonds. The van der Waals surface area contributed by atoms with E-state index in [0.29, 0.717) is 0 Å². The van der Waals surface area contributed by atoms with E-state index in [1.165, 1.54) is 29.3 Å². The second-order valence-electron chi connectivity index (χ2n) is 7.39. The molecule has 3 aromatic rings. The highest BCUT2D eigenvalue weighted by Crippen LogP contribution is 2.32. The number of aliphatic hydroxyl groups is 1. The van der Waals surface area contributed by atoms with Crippen LogP contribution in [0.25, 0.3) is 11.4 Å². The number of aliphatic hydroxyl groups excluding tert-OH is 1. The Bertz CT molecular complexity index is 1150. The Labute approximate surface area is 185 Å². The molecule has 0 radical (unpaired) electrons. The summed E-state index contributed by atoms with van der Waals surface area (Å²) in [6, 6.07) is 4.90. The van der Waals surface area contributed by atoms with E-state index in [4.69, 9.17) is 9.26 Å². The minimum atomic E-state index is -4.49. The lowest BCUT2D eigenvalue weighted by Gasteiger charge is -2.22. The Morgan fingerprint density at radius 1 is 1.24 bits per heavy atom. The summed E-state index contributed by atoms with van der Waals surface area (Å²) in [5.74, 6) is 0.448. The number of alkyl halides is 3. The lowest BCUT2D eigenvalue weighted by atomic mass is 10.1. The number of nitrogens with one attached hydrogen (secondary N) is 1. The molecule has 3 heterocycles. The van der Waals surface area contributed by atoms with Crippen molar-refractivity contribution in [3.05, 3.63) is 48.0 Å². The van der Waals surface area contributed by atoms with Crippen molar-refractivity contribution in [3.63, 3.8) is 0 Å². The van der Waals surface area contributed by atoms with Gasteiger partial charge in [-0.3, -0.25) is 4.90 Å². The Balaban J connectivity index is 1.51.